The molecule has 1 fully saturated rings. The first kappa shape index (κ1) is 14.2. The maximum Gasteiger partial charge on any atom is 0.177 e. The monoisotopic (exact) mass is 282 g/mol. The van der Waals surface area contributed by atoms with E-state index in [0.717, 1.165) is 12.2 Å². The molecule has 0 bridgehead atoms. The average molecular weight is 282 g/mol. The Hall–Kier alpha value is -1.23. The highest BCUT2D eigenvalue weighted by Crippen LogP contribution is 2.28. The van der Waals surface area contributed by atoms with Crippen LogP contribution in [0.3, 0.4) is 0 Å². The molecule has 106 valence electrons. The highest BCUT2D eigenvalue weighted by atomic mass is 32.2. The molecule has 3 N–H and O–H groups in total. The smallest absolute Gasteiger partial charge is 0.177 e. The molecular weight excluding hydrogens is 260 g/mol. The molecule has 1 aromatic rings. The number of nitrogen functional groups attached to an aromatic ring is 1. The molecular formula is C14H22N2O2S. The van der Waals surface area contributed by atoms with Gasteiger partial charge in [-0.1, -0.05) is 25.3 Å². The Morgan fingerprint density at radius 2 is 1.95 bits per heavy atom. The van der Waals surface area contributed by atoms with Gasteiger partial charge in [0.15, 0.2) is 9.84 Å². The van der Waals surface area contributed by atoms with Crippen LogP contribution in [0, 0.1) is 5.92 Å². The van der Waals surface area contributed by atoms with Crippen LogP contribution in [-0.2, 0) is 9.84 Å². The minimum Gasteiger partial charge on any atom is -0.396 e. The Morgan fingerprint density at radius 1 is 1.26 bits per heavy atom. The summed E-state index contributed by atoms with van der Waals surface area (Å²) in [6, 6.07) is 5.12. The van der Waals surface area contributed by atoms with Gasteiger partial charge in [0, 0.05) is 12.8 Å². The Balaban J connectivity index is 2.08. The van der Waals surface area contributed by atoms with Crippen LogP contribution in [0.5, 0.6) is 0 Å². The lowest BCUT2D eigenvalue weighted by Crippen LogP contribution is -2.18. The van der Waals surface area contributed by atoms with Crippen molar-refractivity contribution in [1.82, 2.24) is 0 Å². The van der Waals surface area contributed by atoms with E-state index in [0.29, 0.717) is 11.6 Å². The quantitative estimate of drug-likeness (QED) is 0.833. The first-order chi connectivity index (χ1) is 8.98. The predicted molar refractivity (Wildman–Crippen MR) is 79.0 cm³/mol. The summed E-state index contributed by atoms with van der Waals surface area (Å²) in [5.41, 5.74) is 7.01. The Bertz CT molecular complexity index is 534. The van der Waals surface area contributed by atoms with Gasteiger partial charge in [-0.25, -0.2) is 8.42 Å². The van der Waals surface area contributed by atoms with E-state index < -0.39 is 9.84 Å². The molecule has 0 unspecified atom stereocenters. The van der Waals surface area contributed by atoms with Gasteiger partial charge in [-0.05, 0) is 30.9 Å². The van der Waals surface area contributed by atoms with Crippen LogP contribution in [0.4, 0.5) is 11.4 Å². The van der Waals surface area contributed by atoms with Gasteiger partial charge in [-0.3, -0.25) is 0 Å². The number of sulfone groups is 1. The molecule has 1 aliphatic carbocycles. The minimum absolute atomic E-state index is 0.209. The fourth-order valence-corrected chi connectivity index (χ4v) is 3.50. The van der Waals surface area contributed by atoms with Crippen molar-refractivity contribution in [3.05, 3.63) is 18.2 Å². The van der Waals surface area contributed by atoms with E-state index >= 15 is 0 Å². The lowest BCUT2D eigenvalue weighted by Gasteiger charge is -2.23. The van der Waals surface area contributed by atoms with Crippen LogP contribution in [-0.4, -0.2) is 21.2 Å². The molecule has 0 spiro atoms. The van der Waals surface area contributed by atoms with Gasteiger partial charge < -0.3 is 11.1 Å². The van der Waals surface area contributed by atoms with E-state index in [1.807, 2.05) is 6.07 Å². The second-order valence-electron chi connectivity index (χ2n) is 5.37. The van der Waals surface area contributed by atoms with Crippen LogP contribution in [0.15, 0.2) is 23.1 Å². The third kappa shape index (κ3) is 3.62. The lowest BCUT2D eigenvalue weighted by molar-refractivity contribution is 0.373. The van der Waals surface area contributed by atoms with E-state index in [4.69, 9.17) is 5.73 Å². The second kappa shape index (κ2) is 5.82. The third-order valence-electron chi connectivity index (χ3n) is 3.77. The lowest BCUT2D eigenvalue weighted by atomic mass is 9.89. The van der Waals surface area contributed by atoms with E-state index in [9.17, 15) is 8.42 Å². The summed E-state index contributed by atoms with van der Waals surface area (Å²) in [6.45, 7) is 0.872. The second-order valence-corrected chi connectivity index (χ2v) is 7.36. The fraction of sp³-hybridized carbons (Fsp3) is 0.571. The molecule has 0 heterocycles. The van der Waals surface area contributed by atoms with Crippen molar-refractivity contribution >= 4 is 21.2 Å². The minimum atomic E-state index is -3.26. The molecule has 4 nitrogen and oxygen atoms in total. The van der Waals surface area contributed by atoms with E-state index in [1.54, 1.807) is 12.1 Å². The van der Waals surface area contributed by atoms with Crippen molar-refractivity contribution in [2.75, 3.05) is 23.9 Å². The zero-order chi connectivity index (χ0) is 13.9. The first-order valence-corrected chi connectivity index (χ1v) is 8.70. The van der Waals surface area contributed by atoms with Crippen molar-refractivity contribution in [2.45, 2.75) is 37.0 Å². The molecule has 5 heteroatoms. The number of anilines is 2. The van der Waals surface area contributed by atoms with Gasteiger partial charge >= 0.3 is 0 Å². The van der Waals surface area contributed by atoms with Crippen LogP contribution >= 0.6 is 0 Å². The summed E-state index contributed by atoms with van der Waals surface area (Å²) >= 11 is 0. The predicted octanol–water partition coefficient (Wildman–Crippen LogP) is 2.66. The van der Waals surface area contributed by atoms with Crippen molar-refractivity contribution in [1.29, 1.82) is 0 Å². The van der Waals surface area contributed by atoms with E-state index in [-0.39, 0.29) is 4.90 Å². The van der Waals surface area contributed by atoms with Gasteiger partial charge in [-0.2, -0.15) is 0 Å². The van der Waals surface area contributed by atoms with E-state index in [2.05, 4.69) is 5.32 Å². The maximum absolute atomic E-state index is 11.6. The molecule has 0 saturated heterocycles. The molecule has 1 aromatic carbocycles. The third-order valence-corrected chi connectivity index (χ3v) is 4.93. The summed E-state index contributed by atoms with van der Waals surface area (Å²) < 4.78 is 23.2. The molecule has 0 amide bonds. The number of nitrogens with one attached hydrogen (secondary N) is 1. The molecule has 1 aliphatic rings. The zero-order valence-corrected chi connectivity index (χ0v) is 12.2. The number of nitrogens with two attached hydrogens (primary N) is 1. The number of hydrogen-bond donors (Lipinski definition) is 2. The number of rotatable bonds is 4. The van der Waals surface area contributed by atoms with Crippen molar-refractivity contribution in [2.24, 2.45) is 5.92 Å². The number of para-hydroxylation sites is 1. The molecule has 0 atom stereocenters. The molecule has 0 aromatic heterocycles. The topological polar surface area (TPSA) is 72.2 Å². The molecule has 0 radical (unpaired) electrons. The average Bonchev–Trinajstić information content (AvgIpc) is 2.37. The van der Waals surface area contributed by atoms with Crippen LogP contribution in [0.2, 0.25) is 0 Å². The molecule has 0 aliphatic heterocycles. The van der Waals surface area contributed by atoms with Gasteiger partial charge in [0.25, 0.3) is 0 Å². The standard InChI is InChI=1S/C14H22N2O2S/c1-19(17,18)13-9-5-8-12(14(13)15)16-10-11-6-3-2-4-7-11/h5,8-9,11,16H,2-4,6-7,10,15H2,1H3. The van der Waals surface area contributed by atoms with Crippen molar-refractivity contribution < 1.29 is 8.42 Å². The number of hydrogen-bond acceptors (Lipinski definition) is 4. The van der Waals surface area contributed by atoms with Gasteiger partial charge in [0.2, 0.25) is 0 Å². The van der Waals surface area contributed by atoms with Gasteiger partial charge in [-0.15, -0.1) is 0 Å². The van der Waals surface area contributed by atoms with Gasteiger partial charge in [0.05, 0.1) is 16.3 Å². The largest absolute Gasteiger partial charge is 0.396 e. The van der Waals surface area contributed by atoms with Crippen molar-refractivity contribution in [3.63, 3.8) is 0 Å². The highest BCUT2D eigenvalue weighted by molar-refractivity contribution is 7.90. The summed E-state index contributed by atoms with van der Waals surface area (Å²) in [6.07, 6.45) is 7.61. The van der Waals surface area contributed by atoms with Crippen LogP contribution in [0.1, 0.15) is 32.1 Å². The number of benzene rings is 1. The summed E-state index contributed by atoms with van der Waals surface area (Å²) in [7, 11) is -3.26. The molecule has 2 rings (SSSR count). The van der Waals surface area contributed by atoms with E-state index in [1.165, 1.54) is 38.4 Å². The molecule has 1 saturated carbocycles. The van der Waals surface area contributed by atoms with Crippen LogP contribution < -0.4 is 11.1 Å². The Morgan fingerprint density at radius 3 is 2.58 bits per heavy atom. The summed E-state index contributed by atoms with van der Waals surface area (Å²) in [5, 5.41) is 3.31. The molecule has 19 heavy (non-hydrogen) atoms. The maximum atomic E-state index is 11.6. The first-order valence-electron chi connectivity index (χ1n) is 6.81. The SMILES string of the molecule is CS(=O)(=O)c1cccc(NCC2CCCCC2)c1N. The Kier molecular flexibility index (Phi) is 4.34. The van der Waals surface area contributed by atoms with Gasteiger partial charge in [0.1, 0.15) is 0 Å². The zero-order valence-electron chi connectivity index (χ0n) is 11.4. The van der Waals surface area contributed by atoms with Crippen molar-refractivity contribution in [3.8, 4) is 0 Å². The normalized spacial score (nSPS) is 17.3. The van der Waals surface area contributed by atoms with Crippen LogP contribution in [0.25, 0.3) is 0 Å². The summed E-state index contributed by atoms with van der Waals surface area (Å²) in [4.78, 5) is 0.209. The summed E-state index contributed by atoms with van der Waals surface area (Å²) in [5.74, 6) is 0.676. The Labute approximate surface area is 115 Å². The highest BCUT2D eigenvalue weighted by Gasteiger charge is 2.16. The fourth-order valence-electron chi connectivity index (χ4n) is 2.67.